The van der Waals surface area contributed by atoms with Crippen molar-refractivity contribution >= 4 is 10.0 Å². The van der Waals surface area contributed by atoms with Gasteiger partial charge in [0.05, 0.1) is 0 Å². The first-order valence-electron chi connectivity index (χ1n) is 4.99. The fraction of sp³-hybridized carbons (Fsp3) is 1.00. The molecule has 1 aliphatic rings. The van der Waals surface area contributed by atoms with E-state index in [0.29, 0.717) is 12.8 Å². The van der Waals surface area contributed by atoms with Crippen molar-refractivity contribution in [1.29, 1.82) is 0 Å². The van der Waals surface area contributed by atoms with E-state index in [1.54, 1.807) is 0 Å². The number of hydrogen-bond donors (Lipinski definition) is 1. The van der Waals surface area contributed by atoms with E-state index in [2.05, 4.69) is 0 Å². The summed E-state index contributed by atoms with van der Waals surface area (Å²) in [6.07, 6.45) is 3.10. The Balaban J connectivity index is 2.81. The molecule has 1 aliphatic carbocycles. The number of nitrogens with zero attached hydrogens (tertiary/aromatic N) is 1. The molecule has 4 nitrogen and oxygen atoms in total. The normalized spacial score (nSPS) is 19.3. The molecular formula is C8H16F2N2O2S. The van der Waals surface area contributed by atoms with Crippen LogP contribution < -0.4 is 5.73 Å². The lowest BCUT2D eigenvalue weighted by molar-refractivity contribution is 0.209. The Labute approximate surface area is 88.5 Å². The largest absolute Gasteiger partial charge is 0.350 e. The lowest BCUT2D eigenvalue weighted by atomic mass is 10.2. The SMILES string of the molecule is NCCN(C1CCCC1)S(=O)(=O)C(F)F. The first kappa shape index (κ1) is 12.8. The van der Waals surface area contributed by atoms with Crippen molar-refractivity contribution < 1.29 is 17.2 Å². The van der Waals surface area contributed by atoms with E-state index in [-0.39, 0.29) is 19.1 Å². The Morgan fingerprint density at radius 2 is 1.87 bits per heavy atom. The predicted molar refractivity (Wildman–Crippen MR) is 52.9 cm³/mol. The summed E-state index contributed by atoms with van der Waals surface area (Å²) in [5.74, 6) is -3.34. The molecule has 0 spiro atoms. The van der Waals surface area contributed by atoms with Crippen LogP contribution in [-0.2, 0) is 10.0 Å². The van der Waals surface area contributed by atoms with Crippen molar-refractivity contribution in [3.63, 3.8) is 0 Å². The highest BCUT2D eigenvalue weighted by molar-refractivity contribution is 7.89. The van der Waals surface area contributed by atoms with Gasteiger partial charge in [0, 0.05) is 19.1 Å². The molecule has 0 unspecified atom stereocenters. The molecule has 0 aromatic rings. The van der Waals surface area contributed by atoms with Gasteiger partial charge >= 0.3 is 5.76 Å². The fourth-order valence-electron chi connectivity index (χ4n) is 1.94. The number of halogens is 2. The summed E-state index contributed by atoms with van der Waals surface area (Å²) in [7, 11) is -4.46. The van der Waals surface area contributed by atoms with Crippen LogP contribution in [0.25, 0.3) is 0 Å². The second-order valence-electron chi connectivity index (χ2n) is 3.64. The second kappa shape index (κ2) is 5.18. The van der Waals surface area contributed by atoms with Crippen LogP contribution >= 0.6 is 0 Å². The minimum Gasteiger partial charge on any atom is -0.329 e. The summed E-state index contributed by atoms with van der Waals surface area (Å²) in [5.41, 5.74) is 5.24. The Morgan fingerprint density at radius 3 is 2.27 bits per heavy atom. The minimum atomic E-state index is -4.46. The van der Waals surface area contributed by atoms with Gasteiger partial charge in [0.2, 0.25) is 0 Å². The van der Waals surface area contributed by atoms with Gasteiger partial charge in [-0.1, -0.05) is 12.8 Å². The zero-order valence-corrected chi connectivity index (χ0v) is 9.22. The number of alkyl halides is 2. The lowest BCUT2D eigenvalue weighted by Gasteiger charge is -2.26. The van der Waals surface area contributed by atoms with Gasteiger partial charge in [-0.05, 0) is 12.8 Å². The highest BCUT2D eigenvalue weighted by atomic mass is 32.2. The van der Waals surface area contributed by atoms with Crippen molar-refractivity contribution in [3.8, 4) is 0 Å². The van der Waals surface area contributed by atoms with Gasteiger partial charge in [-0.3, -0.25) is 0 Å². The highest BCUT2D eigenvalue weighted by Gasteiger charge is 2.37. The van der Waals surface area contributed by atoms with E-state index >= 15 is 0 Å². The molecule has 0 atom stereocenters. The molecule has 0 aliphatic heterocycles. The number of nitrogens with two attached hydrogens (primary N) is 1. The molecule has 90 valence electrons. The van der Waals surface area contributed by atoms with Gasteiger partial charge in [-0.15, -0.1) is 0 Å². The van der Waals surface area contributed by atoms with Gasteiger partial charge in [-0.2, -0.15) is 13.1 Å². The molecule has 0 amide bonds. The summed E-state index contributed by atoms with van der Waals surface area (Å²) >= 11 is 0. The van der Waals surface area contributed by atoms with Gasteiger partial charge in [0.15, 0.2) is 0 Å². The molecule has 1 saturated carbocycles. The topological polar surface area (TPSA) is 63.4 Å². The fourth-order valence-corrected chi connectivity index (χ4v) is 3.13. The lowest BCUT2D eigenvalue weighted by Crippen LogP contribution is -2.44. The molecule has 1 rings (SSSR count). The summed E-state index contributed by atoms with van der Waals surface area (Å²) in [6, 6.07) is -0.285. The van der Waals surface area contributed by atoms with Crippen molar-refractivity contribution in [2.45, 2.75) is 37.5 Å². The Bertz CT molecular complexity index is 289. The van der Waals surface area contributed by atoms with Gasteiger partial charge in [-0.25, -0.2) is 8.42 Å². The van der Waals surface area contributed by atoms with E-state index < -0.39 is 15.8 Å². The monoisotopic (exact) mass is 242 g/mol. The standard InChI is InChI=1S/C8H16F2N2O2S/c9-8(10)15(13,14)12(6-5-11)7-3-1-2-4-7/h7-8H,1-6,11H2. The van der Waals surface area contributed by atoms with Crippen LogP contribution in [0, 0.1) is 0 Å². The van der Waals surface area contributed by atoms with Crippen LogP contribution in [0.15, 0.2) is 0 Å². The predicted octanol–water partition coefficient (Wildman–Crippen LogP) is 0.742. The third kappa shape index (κ3) is 2.85. The van der Waals surface area contributed by atoms with E-state index in [1.807, 2.05) is 0 Å². The smallest absolute Gasteiger partial charge is 0.329 e. The molecule has 15 heavy (non-hydrogen) atoms. The number of sulfonamides is 1. The Morgan fingerprint density at radius 1 is 1.33 bits per heavy atom. The molecule has 1 fully saturated rings. The van der Waals surface area contributed by atoms with Crippen LogP contribution in [0.3, 0.4) is 0 Å². The third-order valence-corrected chi connectivity index (χ3v) is 4.22. The number of rotatable bonds is 5. The maximum Gasteiger partial charge on any atom is 0.350 e. The van der Waals surface area contributed by atoms with E-state index in [9.17, 15) is 17.2 Å². The quantitative estimate of drug-likeness (QED) is 0.773. The van der Waals surface area contributed by atoms with Crippen molar-refractivity contribution in [2.24, 2.45) is 5.73 Å². The van der Waals surface area contributed by atoms with Gasteiger partial charge in [0.1, 0.15) is 0 Å². The van der Waals surface area contributed by atoms with E-state index in [1.165, 1.54) is 0 Å². The molecule has 0 aromatic heterocycles. The van der Waals surface area contributed by atoms with E-state index in [0.717, 1.165) is 17.1 Å². The zero-order valence-electron chi connectivity index (χ0n) is 8.40. The van der Waals surface area contributed by atoms with Gasteiger partial charge < -0.3 is 5.73 Å². The molecule has 0 aromatic carbocycles. The molecule has 2 N–H and O–H groups in total. The molecule has 0 heterocycles. The first-order chi connectivity index (χ1) is 7.00. The third-order valence-electron chi connectivity index (χ3n) is 2.63. The van der Waals surface area contributed by atoms with Crippen LogP contribution in [0.4, 0.5) is 8.78 Å². The van der Waals surface area contributed by atoms with Crippen LogP contribution in [0.2, 0.25) is 0 Å². The zero-order chi connectivity index (χ0) is 11.5. The highest BCUT2D eigenvalue weighted by Crippen LogP contribution is 2.27. The van der Waals surface area contributed by atoms with E-state index in [4.69, 9.17) is 5.73 Å². The van der Waals surface area contributed by atoms with Crippen molar-refractivity contribution in [2.75, 3.05) is 13.1 Å². The Kier molecular flexibility index (Phi) is 4.42. The van der Waals surface area contributed by atoms with Crippen molar-refractivity contribution in [3.05, 3.63) is 0 Å². The molecule has 0 saturated heterocycles. The maximum absolute atomic E-state index is 12.4. The molecule has 7 heteroatoms. The second-order valence-corrected chi connectivity index (χ2v) is 5.50. The maximum atomic E-state index is 12.4. The van der Waals surface area contributed by atoms with Crippen molar-refractivity contribution in [1.82, 2.24) is 4.31 Å². The summed E-state index contributed by atoms with van der Waals surface area (Å²) in [6.45, 7) is 0.0553. The molecule has 0 bridgehead atoms. The summed E-state index contributed by atoms with van der Waals surface area (Å²) in [4.78, 5) is 0. The summed E-state index contributed by atoms with van der Waals surface area (Å²) in [5, 5.41) is 0. The molecule has 0 radical (unpaired) electrons. The molecular weight excluding hydrogens is 226 g/mol. The Hall–Kier alpha value is -0.270. The summed E-state index contributed by atoms with van der Waals surface area (Å²) < 4.78 is 48.3. The van der Waals surface area contributed by atoms with Crippen LogP contribution in [0.1, 0.15) is 25.7 Å². The van der Waals surface area contributed by atoms with Crippen LogP contribution in [-0.4, -0.2) is 37.6 Å². The first-order valence-corrected chi connectivity index (χ1v) is 6.49. The van der Waals surface area contributed by atoms with Crippen LogP contribution in [0.5, 0.6) is 0 Å². The minimum absolute atomic E-state index is 0.0165. The average Bonchev–Trinajstić information content (AvgIpc) is 2.66. The average molecular weight is 242 g/mol. The number of hydrogen-bond acceptors (Lipinski definition) is 3. The van der Waals surface area contributed by atoms with Gasteiger partial charge in [0.25, 0.3) is 10.0 Å².